The summed E-state index contributed by atoms with van der Waals surface area (Å²) in [6.45, 7) is -1.00. The molecule has 1 aromatic rings. The van der Waals surface area contributed by atoms with Crippen molar-refractivity contribution >= 4 is 11.6 Å². The fraction of sp³-hybridized carbons (Fsp3) is 0.462. The van der Waals surface area contributed by atoms with Crippen LogP contribution < -0.4 is 15.8 Å². The number of rotatable bonds is 7. The lowest BCUT2D eigenvalue weighted by Crippen LogP contribution is -2.36. The zero-order valence-electron chi connectivity index (χ0n) is 11.4. The van der Waals surface area contributed by atoms with E-state index in [0.29, 0.717) is 18.7 Å². The van der Waals surface area contributed by atoms with E-state index in [-0.39, 0.29) is 5.75 Å². The molecule has 0 saturated heterocycles. The summed E-state index contributed by atoms with van der Waals surface area (Å²) in [5.74, 6) is -0.329. The number of halogens is 3. The average Bonchev–Trinajstić information content (AvgIpc) is 2.43. The summed E-state index contributed by atoms with van der Waals surface area (Å²) >= 11 is 0. The Balaban J connectivity index is 2.49. The van der Waals surface area contributed by atoms with Crippen LogP contribution in [0, 0.1) is 0 Å². The van der Waals surface area contributed by atoms with E-state index < -0.39 is 24.7 Å². The van der Waals surface area contributed by atoms with Gasteiger partial charge in [-0.1, -0.05) is 0 Å². The van der Waals surface area contributed by atoms with Gasteiger partial charge in [-0.05, 0) is 30.7 Å². The second kappa shape index (κ2) is 7.84. The highest BCUT2D eigenvalue weighted by Gasteiger charge is 2.28. The number of anilines is 1. The van der Waals surface area contributed by atoms with Gasteiger partial charge in [-0.25, -0.2) is 0 Å². The minimum absolute atomic E-state index is 0.0639. The normalized spacial score (nSPS) is 12.8. The molecule has 1 rings (SSSR count). The van der Waals surface area contributed by atoms with Gasteiger partial charge < -0.3 is 20.5 Å². The quantitative estimate of drug-likeness (QED) is 0.807. The predicted molar refractivity (Wildman–Crippen MR) is 71.1 cm³/mol. The highest BCUT2D eigenvalue weighted by molar-refractivity contribution is 5.94. The fourth-order valence-electron chi connectivity index (χ4n) is 1.41. The van der Waals surface area contributed by atoms with Crippen LogP contribution in [0.1, 0.15) is 6.42 Å². The molecule has 3 N–H and O–H groups in total. The number of hydrogen-bond donors (Lipinski definition) is 2. The van der Waals surface area contributed by atoms with E-state index in [9.17, 15) is 18.0 Å². The van der Waals surface area contributed by atoms with Crippen LogP contribution in [-0.2, 0) is 9.53 Å². The maximum absolute atomic E-state index is 12.0. The first-order chi connectivity index (χ1) is 9.81. The summed E-state index contributed by atoms with van der Waals surface area (Å²) in [6.07, 6.45) is -4.02. The molecule has 0 radical (unpaired) electrons. The number of carbonyl (C=O) groups is 1. The summed E-state index contributed by atoms with van der Waals surface area (Å²) < 4.78 is 45.3. The summed E-state index contributed by atoms with van der Waals surface area (Å²) in [7, 11) is 1.50. The molecule has 0 heterocycles. The lowest BCUT2D eigenvalue weighted by atomic mass is 10.2. The minimum atomic E-state index is -4.39. The third kappa shape index (κ3) is 6.96. The molecule has 1 atom stereocenters. The number of carbonyl (C=O) groups excluding carboxylic acids is 1. The van der Waals surface area contributed by atoms with Crippen molar-refractivity contribution in [2.45, 2.75) is 18.6 Å². The molecule has 1 amide bonds. The lowest BCUT2D eigenvalue weighted by Gasteiger charge is -2.12. The van der Waals surface area contributed by atoms with Crippen molar-refractivity contribution in [1.82, 2.24) is 0 Å². The van der Waals surface area contributed by atoms with Gasteiger partial charge in [0.1, 0.15) is 5.75 Å². The number of alkyl halides is 3. The first-order valence-corrected chi connectivity index (χ1v) is 6.17. The second-order valence-corrected chi connectivity index (χ2v) is 4.31. The van der Waals surface area contributed by atoms with Gasteiger partial charge in [0.25, 0.3) is 0 Å². The highest BCUT2D eigenvalue weighted by Crippen LogP contribution is 2.20. The lowest BCUT2D eigenvalue weighted by molar-refractivity contribution is -0.153. The number of benzene rings is 1. The molecule has 0 aliphatic heterocycles. The van der Waals surface area contributed by atoms with Gasteiger partial charge >= 0.3 is 6.18 Å². The molecule has 0 aromatic heterocycles. The molecule has 0 bridgehead atoms. The summed E-state index contributed by atoms with van der Waals surface area (Å²) in [4.78, 5) is 11.7. The number of methoxy groups -OCH3 is 1. The highest BCUT2D eigenvalue weighted by atomic mass is 19.4. The van der Waals surface area contributed by atoms with Crippen LogP contribution in [0.3, 0.4) is 0 Å². The molecule has 118 valence electrons. The van der Waals surface area contributed by atoms with Crippen molar-refractivity contribution in [3.8, 4) is 5.75 Å². The zero-order chi connectivity index (χ0) is 15.9. The summed E-state index contributed by atoms with van der Waals surface area (Å²) in [6, 6.07) is 4.83. The molecular weight excluding hydrogens is 289 g/mol. The monoisotopic (exact) mass is 306 g/mol. The van der Waals surface area contributed by atoms with Crippen LogP contribution in [0.25, 0.3) is 0 Å². The van der Waals surface area contributed by atoms with Crippen LogP contribution >= 0.6 is 0 Å². The Hall–Kier alpha value is -1.80. The van der Waals surface area contributed by atoms with Gasteiger partial charge in [0.05, 0.1) is 6.04 Å². The summed E-state index contributed by atoms with van der Waals surface area (Å²) in [5.41, 5.74) is 6.06. The second-order valence-electron chi connectivity index (χ2n) is 4.31. The van der Waals surface area contributed by atoms with E-state index in [1.54, 1.807) is 0 Å². The van der Waals surface area contributed by atoms with Crippen molar-refractivity contribution in [3.05, 3.63) is 24.3 Å². The summed E-state index contributed by atoms with van der Waals surface area (Å²) in [5, 5.41) is 2.55. The first-order valence-electron chi connectivity index (χ1n) is 6.17. The maximum atomic E-state index is 12.0. The van der Waals surface area contributed by atoms with Crippen LogP contribution in [0.5, 0.6) is 5.75 Å². The number of nitrogens with one attached hydrogen (secondary N) is 1. The van der Waals surface area contributed by atoms with E-state index in [0.717, 1.165) is 0 Å². The molecule has 8 heteroatoms. The Morgan fingerprint density at radius 2 is 1.95 bits per heavy atom. The van der Waals surface area contributed by atoms with E-state index in [1.165, 1.54) is 31.4 Å². The van der Waals surface area contributed by atoms with Gasteiger partial charge in [0.2, 0.25) is 5.91 Å². The average molecular weight is 306 g/mol. The van der Waals surface area contributed by atoms with Gasteiger partial charge in [-0.15, -0.1) is 0 Å². The number of amides is 1. The predicted octanol–water partition coefficient (Wildman–Crippen LogP) is 1.93. The van der Waals surface area contributed by atoms with Gasteiger partial charge in [-0.3, -0.25) is 4.79 Å². The van der Waals surface area contributed by atoms with E-state index in [4.69, 9.17) is 10.5 Å². The first kappa shape index (κ1) is 17.3. The molecule has 0 fully saturated rings. The van der Waals surface area contributed by atoms with Crippen molar-refractivity contribution in [2.75, 3.05) is 25.6 Å². The van der Waals surface area contributed by atoms with Gasteiger partial charge in [0.15, 0.2) is 6.61 Å². The third-order valence-electron chi connectivity index (χ3n) is 2.49. The Kier molecular flexibility index (Phi) is 6.44. The van der Waals surface area contributed by atoms with Crippen molar-refractivity contribution in [3.63, 3.8) is 0 Å². The number of hydrogen-bond acceptors (Lipinski definition) is 4. The van der Waals surface area contributed by atoms with Crippen molar-refractivity contribution in [2.24, 2.45) is 5.73 Å². The molecule has 0 aliphatic rings. The van der Waals surface area contributed by atoms with E-state index in [2.05, 4.69) is 10.1 Å². The molecule has 0 aliphatic carbocycles. The van der Waals surface area contributed by atoms with Gasteiger partial charge in [0, 0.05) is 19.4 Å². The third-order valence-corrected chi connectivity index (χ3v) is 2.49. The van der Waals surface area contributed by atoms with Crippen LogP contribution in [0.2, 0.25) is 0 Å². The molecule has 0 saturated carbocycles. The number of ether oxygens (including phenoxy) is 2. The number of nitrogens with two attached hydrogens (primary N) is 1. The zero-order valence-corrected chi connectivity index (χ0v) is 11.4. The van der Waals surface area contributed by atoms with Crippen molar-refractivity contribution < 1.29 is 27.4 Å². The molecule has 21 heavy (non-hydrogen) atoms. The van der Waals surface area contributed by atoms with E-state index >= 15 is 0 Å². The largest absolute Gasteiger partial charge is 0.484 e. The minimum Gasteiger partial charge on any atom is -0.484 e. The topological polar surface area (TPSA) is 73.6 Å². The molecule has 1 aromatic carbocycles. The molecule has 0 spiro atoms. The molecule has 1 unspecified atom stereocenters. The standard InChI is InChI=1S/C13H17F3N2O3/c1-20-7-6-11(17)12(19)18-9-2-4-10(5-3-9)21-8-13(14,15)16/h2-5,11H,6-8,17H2,1H3,(H,18,19). The van der Waals surface area contributed by atoms with Gasteiger partial charge in [-0.2, -0.15) is 13.2 Å². The molecular formula is C13H17F3N2O3. The SMILES string of the molecule is COCCC(N)C(=O)Nc1ccc(OCC(F)(F)F)cc1. The maximum Gasteiger partial charge on any atom is 0.422 e. The molecule has 5 nitrogen and oxygen atoms in total. The smallest absolute Gasteiger partial charge is 0.422 e. The Morgan fingerprint density at radius 1 is 1.33 bits per heavy atom. The Bertz CT molecular complexity index is 449. The van der Waals surface area contributed by atoms with Crippen LogP contribution in [0.15, 0.2) is 24.3 Å². The Labute approximate surface area is 120 Å². The van der Waals surface area contributed by atoms with Crippen LogP contribution in [0.4, 0.5) is 18.9 Å². The Morgan fingerprint density at radius 3 is 2.48 bits per heavy atom. The van der Waals surface area contributed by atoms with Crippen molar-refractivity contribution in [1.29, 1.82) is 0 Å². The van der Waals surface area contributed by atoms with E-state index in [1.807, 2.05) is 0 Å². The fourth-order valence-corrected chi connectivity index (χ4v) is 1.41. The van der Waals surface area contributed by atoms with Crippen LogP contribution in [-0.4, -0.2) is 38.4 Å².